The second kappa shape index (κ2) is 4.49. The van der Waals surface area contributed by atoms with Gasteiger partial charge in [-0.05, 0) is 25.0 Å². The van der Waals surface area contributed by atoms with Gasteiger partial charge in [0.2, 0.25) is 0 Å². The van der Waals surface area contributed by atoms with Crippen LogP contribution in [0, 0.1) is 0 Å². The molecule has 0 saturated carbocycles. The number of aromatic amines is 1. The van der Waals surface area contributed by atoms with Gasteiger partial charge in [0.1, 0.15) is 0 Å². The van der Waals surface area contributed by atoms with Gasteiger partial charge in [0, 0.05) is 29.7 Å². The van der Waals surface area contributed by atoms with Crippen molar-refractivity contribution >= 4 is 10.9 Å². The predicted molar refractivity (Wildman–Crippen MR) is 64.9 cm³/mol. The molecular weight excluding hydrogens is 184 g/mol. The van der Waals surface area contributed by atoms with Crippen LogP contribution in [-0.2, 0) is 6.54 Å². The molecule has 2 N–H and O–H groups in total. The number of hydrogen-bond acceptors (Lipinski definition) is 1. The van der Waals surface area contributed by atoms with Gasteiger partial charge in [0.25, 0.3) is 0 Å². The molecule has 0 bridgehead atoms. The van der Waals surface area contributed by atoms with Crippen LogP contribution >= 0.6 is 0 Å². The van der Waals surface area contributed by atoms with E-state index < -0.39 is 0 Å². The third-order valence-corrected chi connectivity index (χ3v) is 2.93. The highest BCUT2D eigenvalue weighted by atomic mass is 14.9. The molecule has 0 aliphatic carbocycles. The minimum absolute atomic E-state index is 0.582. The van der Waals surface area contributed by atoms with Crippen molar-refractivity contribution in [1.82, 2.24) is 10.3 Å². The fourth-order valence-corrected chi connectivity index (χ4v) is 1.71. The van der Waals surface area contributed by atoms with Gasteiger partial charge in [0.05, 0.1) is 0 Å². The molecule has 0 unspecified atom stereocenters. The summed E-state index contributed by atoms with van der Waals surface area (Å²) in [6.45, 7) is 5.36. The van der Waals surface area contributed by atoms with E-state index in [1.165, 1.54) is 22.9 Å². The molecular formula is C13H18N2. The summed E-state index contributed by atoms with van der Waals surface area (Å²) in [6.07, 6.45) is 3.27. The second-order valence-corrected chi connectivity index (χ2v) is 4.05. The number of nitrogens with one attached hydrogen (secondary N) is 2. The Morgan fingerprint density at radius 3 is 2.93 bits per heavy atom. The quantitative estimate of drug-likeness (QED) is 0.783. The molecule has 0 fully saturated rings. The molecule has 0 spiro atoms. The van der Waals surface area contributed by atoms with Gasteiger partial charge in [-0.3, -0.25) is 0 Å². The number of aromatic nitrogens is 1. The molecule has 0 aliphatic heterocycles. The highest BCUT2D eigenvalue weighted by Crippen LogP contribution is 2.17. The lowest BCUT2D eigenvalue weighted by Crippen LogP contribution is -2.24. The van der Waals surface area contributed by atoms with Crippen LogP contribution < -0.4 is 5.32 Å². The lowest BCUT2D eigenvalue weighted by Gasteiger charge is -2.10. The monoisotopic (exact) mass is 202 g/mol. The molecule has 1 atom stereocenters. The van der Waals surface area contributed by atoms with Crippen LogP contribution in [0.2, 0.25) is 0 Å². The average Bonchev–Trinajstić information content (AvgIpc) is 2.69. The molecule has 1 heterocycles. The van der Waals surface area contributed by atoms with E-state index in [4.69, 9.17) is 0 Å². The minimum atomic E-state index is 0.582. The van der Waals surface area contributed by atoms with Gasteiger partial charge in [-0.2, -0.15) is 0 Å². The van der Waals surface area contributed by atoms with E-state index in [1.54, 1.807) is 0 Å². The number of fused-ring (bicyclic) bond motifs is 1. The van der Waals surface area contributed by atoms with Crippen molar-refractivity contribution < 1.29 is 0 Å². The molecule has 80 valence electrons. The van der Waals surface area contributed by atoms with E-state index in [2.05, 4.69) is 54.6 Å². The highest BCUT2D eigenvalue weighted by Gasteiger charge is 2.03. The summed E-state index contributed by atoms with van der Waals surface area (Å²) in [5.41, 5.74) is 2.57. The molecule has 2 nitrogen and oxygen atoms in total. The van der Waals surface area contributed by atoms with Crippen LogP contribution in [0.1, 0.15) is 25.8 Å². The largest absolute Gasteiger partial charge is 0.361 e. The van der Waals surface area contributed by atoms with Crippen molar-refractivity contribution in [3.05, 3.63) is 36.0 Å². The van der Waals surface area contributed by atoms with Crippen LogP contribution in [0.25, 0.3) is 10.9 Å². The van der Waals surface area contributed by atoms with E-state index in [0.29, 0.717) is 6.04 Å². The molecule has 15 heavy (non-hydrogen) atoms. The minimum Gasteiger partial charge on any atom is -0.361 e. The van der Waals surface area contributed by atoms with Crippen LogP contribution in [0.15, 0.2) is 30.5 Å². The molecule has 0 radical (unpaired) electrons. The van der Waals surface area contributed by atoms with Crippen LogP contribution in [0.5, 0.6) is 0 Å². The first-order valence-corrected chi connectivity index (χ1v) is 5.59. The van der Waals surface area contributed by atoms with Crippen molar-refractivity contribution in [2.45, 2.75) is 32.9 Å². The van der Waals surface area contributed by atoms with Crippen LogP contribution in [0.3, 0.4) is 0 Å². The lowest BCUT2D eigenvalue weighted by molar-refractivity contribution is 0.535. The Morgan fingerprint density at radius 2 is 2.13 bits per heavy atom. The third-order valence-electron chi connectivity index (χ3n) is 2.93. The van der Waals surface area contributed by atoms with Gasteiger partial charge < -0.3 is 10.3 Å². The molecule has 1 aromatic heterocycles. The standard InChI is InChI=1S/C13H18N2/c1-3-10(2)14-8-11-9-15-13-7-5-4-6-12(11)13/h4-7,9-10,14-15H,3,8H2,1-2H3/t10-/m1/s1. The Labute approximate surface area is 90.7 Å². The Balaban J connectivity index is 2.14. The van der Waals surface area contributed by atoms with E-state index in [0.717, 1.165) is 6.54 Å². The second-order valence-electron chi connectivity index (χ2n) is 4.05. The fourth-order valence-electron chi connectivity index (χ4n) is 1.71. The molecule has 0 aliphatic rings. The lowest BCUT2D eigenvalue weighted by atomic mass is 10.1. The molecule has 2 aromatic rings. The maximum atomic E-state index is 3.51. The topological polar surface area (TPSA) is 27.8 Å². The summed E-state index contributed by atoms with van der Waals surface area (Å²) >= 11 is 0. The maximum Gasteiger partial charge on any atom is 0.0457 e. The summed E-state index contributed by atoms with van der Waals surface area (Å²) in [6, 6.07) is 9.01. The Bertz CT molecular complexity index is 431. The average molecular weight is 202 g/mol. The van der Waals surface area contributed by atoms with Crippen molar-refractivity contribution in [3.63, 3.8) is 0 Å². The molecule has 2 rings (SSSR count). The smallest absolute Gasteiger partial charge is 0.0457 e. The summed E-state index contributed by atoms with van der Waals surface area (Å²) in [7, 11) is 0. The zero-order valence-electron chi connectivity index (χ0n) is 9.38. The zero-order valence-corrected chi connectivity index (χ0v) is 9.38. The maximum absolute atomic E-state index is 3.51. The number of hydrogen-bond donors (Lipinski definition) is 2. The fraction of sp³-hybridized carbons (Fsp3) is 0.385. The van der Waals surface area contributed by atoms with Crippen molar-refractivity contribution in [1.29, 1.82) is 0 Å². The first-order valence-electron chi connectivity index (χ1n) is 5.59. The number of H-pyrrole nitrogens is 1. The van der Waals surface area contributed by atoms with Gasteiger partial charge in [-0.15, -0.1) is 0 Å². The van der Waals surface area contributed by atoms with Crippen molar-refractivity contribution in [2.24, 2.45) is 0 Å². The van der Waals surface area contributed by atoms with E-state index in [-0.39, 0.29) is 0 Å². The third kappa shape index (κ3) is 2.21. The predicted octanol–water partition coefficient (Wildman–Crippen LogP) is 3.06. The summed E-state index contributed by atoms with van der Waals surface area (Å²) in [4.78, 5) is 3.29. The number of para-hydroxylation sites is 1. The normalized spacial score (nSPS) is 13.2. The van der Waals surface area contributed by atoms with Gasteiger partial charge in [-0.25, -0.2) is 0 Å². The molecule has 0 saturated heterocycles. The Hall–Kier alpha value is -1.28. The van der Waals surface area contributed by atoms with Crippen LogP contribution in [0.4, 0.5) is 0 Å². The van der Waals surface area contributed by atoms with Crippen LogP contribution in [-0.4, -0.2) is 11.0 Å². The van der Waals surface area contributed by atoms with E-state index >= 15 is 0 Å². The van der Waals surface area contributed by atoms with Crippen molar-refractivity contribution in [2.75, 3.05) is 0 Å². The van der Waals surface area contributed by atoms with E-state index in [1.807, 2.05) is 0 Å². The Morgan fingerprint density at radius 1 is 1.33 bits per heavy atom. The highest BCUT2D eigenvalue weighted by molar-refractivity contribution is 5.82. The number of benzene rings is 1. The summed E-state index contributed by atoms with van der Waals surface area (Å²) in [5, 5.41) is 4.83. The summed E-state index contributed by atoms with van der Waals surface area (Å²) < 4.78 is 0. The van der Waals surface area contributed by atoms with Gasteiger partial charge in [-0.1, -0.05) is 25.1 Å². The number of rotatable bonds is 4. The first-order chi connectivity index (χ1) is 7.31. The molecule has 1 aromatic carbocycles. The Kier molecular flexibility index (Phi) is 3.07. The first kappa shape index (κ1) is 10.2. The molecule has 2 heteroatoms. The SMILES string of the molecule is CC[C@@H](C)NCc1c[nH]c2ccccc12. The van der Waals surface area contributed by atoms with E-state index in [9.17, 15) is 0 Å². The van der Waals surface area contributed by atoms with Gasteiger partial charge >= 0.3 is 0 Å². The zero-order chi connectivity index (χ0) is 10.7. The van der Waals surface area contributed by atoms with Gasteiger partial charge in [0.15, 0.2) is 0 Å². The van der Waals surface area contributed by atoms with Crippen molar-refractivity contribution in [3.8, 4) is 0 Å². The summed E-state index contributed by atoms with van der Waals surface area (Å²) in [5.74, 6) is 0. The molecule has 0 amide bonds.